The quantitative estimate of drug-likeness (QED) is 0.739. The third-order valence-electron chi connectivity index (χ3n) is 2.71. The Morgan fingerprint density at radius 3 is 2.65 bits per heavy atom. The Morgan fingerprint density at radius 1 is 1.47 bits per heavy atom. The number of anilines is 1. The molecule has 94 valence electrons. The molecule has 0 aliphatic heterocycles. The van der Waals surface area contributed by atoms with Gasteiger partial charge in [-0.2, -0.15) is 0 Å². The number of nitrogens with two attached hydrogens (primary N) is 1. The average molecular weight is 236 g/mol. The van der Waals surface area contributed by atoms with Crippen molar-refractivity contribution in [3.63, 3.8) is 0 Å². The Bertz CT molecular complexity index is 402. The van der Waals surface area contributed by atoms with E-state index in [9.17, 15) is 9.90 Å². The molecule has 0 aliphatic rings. The number of aliphatic hydroxyl groups excluding tert-OH is 1. The van der Waals surface area contributed by atoms with E-state index in [4.69, 9.17) is 5.73 Å². The number of hydrogen-bond donors (Lipinski definition) is 3. The van der Waals surface area contributed by atoms with Crippen molar-refractivity contribution in [3.05, 3.63) is 29.3 Å². The first-order chi connectivity index (χ1) is 7.95. The van der Waals surface area contributed by atoms with Gasteiger partial charge in [0.25, 0.3) is 5.91 Å². The summed E-state index contributed by atoms with van der Waals surface area (Å²) < 4.78 is 0. The van der Waals surface area contributed by atoms with E-state index in [1.165, 1.54) is 0 Å². The first-order valence-electron chi connectivity index (χ1n) is 5.75. The van der Waals surface area contributed by atoms with Gasteiger partial charge in [-0.15, -0.1) is 0 Å². The van der Waals surface area contributed by atoms with E-state index in [0.717, 1.165) is 16.8 Å². The van der Waals surface area contributed by atoms with Gasteiger partial charge in [-0.1, -0.05) is 26.0 Å². The highest BCUT2D eigenvalue weighted by molar-refractivity contribution is 5.94. The Morgan fingerprint density at radius 2 is 2.12 bits per heavy atom. The van der Waals surface area contributed by atoms with Crippen LogP contribution in [0.3, 0.4) is 0 Å². The maximum atomic E-state index is 11.5. The van der Waals surface area contributed by atoms with Crippen LogP contribution in [-0.2, 0) is 4.79 Å². The zero-order valence-electron chi connectivity index (χ0n) is 10.5. The van der Waals surface area contributed by atoms with E-state index in [0.29, 0.717) is 5.92 Å². The average Bonchev–Trinajstić information content (AvgIpc) is 2.30. The summed E-state index contributed by atoms with van der Waals surface area (Å²) in [4.78, 5) is 11.5. The molecule has 0 aliphatic carbocycles. The smallest absolute Gasteiger partial charge is 0.254 e. The van der Waals surface area contributed by atoms with Gasteiger partial charge in [-0.3, -0.25) is 4.79 Å². The molecule has 17 heavy (non-hydrogen) atoms. The summed E-state index contributed by atoms with van der Waals surface area (Å²) in [5.41, 5.74) is 8.07. The third-order valence-corrected chi connectivity index (χ3v) is 2.71. The second-order valence-corrected chi connectivity index (χ2v) is 4.47. The molecular formula is C13H20N2O2. The van der Waals surface area contributed by atoms with Gasteiger partial charge in [0.2, 0.25) is 0 Å². The van der Waals surface area contributed by atoms with E-state index in [-0.39, 0.29) is 6.54 Å². The van der Waals surface area contributed by atoms with Crippen LogP contribution in [0.1, 0.15) is 30.9 Å². The minimum absolute atomic E-state index is 0.0747. The predicted octanol–water partition coefficient (Wildman–Crippen LogP) is 1.38. The second-order valence-electron chi connectivity index (χ2n) is 4.47. The van der Waals surface area contributed by atoms with Crippen LogP contribution < -0.4 is 11.1 Å². The number of aliphatic hydroxyl groups is 1. The molecule has 1 aromatic rings. The van der Waals surface area contributed by atoms with Crippen molar-refractivity contribution in [1.29, 1.82) is 0 Å². The number of nitrogens with one attached hydrogen (secondary N) is 1. The minimum Gasteiger partial charge on any atom is -0.382 e. The predicted molar refractivity (Wildman–Crippen MR) is 69.0 cm³/mol. The van der Waals surface area contributed by atoms with Crippen LogP contribution in [0.4, 0.5) is 5.69 Å². The molecule has 4 heteroatoms. The van der Waals surface area contributed by atoms with Gasteiger partial charge in [0.1, 0.15) is 6.10 Å². The number of rotatable bonds is 4. The zero-order chi connectivity index (χ0) is 13.0. The molecule has 0 aromatic heterocycles. The van der Waals surface area contributed by atoms with Crippen molar-refractivity contribution in [3.8, 4) is 0 Å². The van der Waals surface area contributed by atoms with Gasteiger partial charge in [0, 0.05) is 12.2 Å². The highest BCUT2D eigenvalue weighted by Crippen LogP contribution is 2.22. The fraction of sp³-hybridized carbons (Fsp3) is 0.462. The number of carbonyl (C=O) groups excluding carboxylic acids is 1. The lowest BCUT2D eigenvalue weighted by molar-refractivity contribution is -0.123. The number of aryl methyl sites for hydroxylation is 1. The highest BCUT2D eigenvalue weighted by Gasteiger charge is 2.14. The van der Waals surface area contributed by atoms with Crippen LogP contribution in [0.25, 0.3) is 0 Å². The van der Waals surface area contributed by atoms with Crippen LogP contribution in [-0.4, -0.2) is 23.7 Å². The summed E-state index contributed by atoms with van der Waals surface area (Å²) in [6.45, 7) is 6.01. The summed E-state index contributed by atoms with van der Waals surface area (Å²) in [5.74, 6) is -0.0674. The summed E-state index contributed by atoms with van der Waals surface area (Å²) in [6.07, 6.45) is -1.16. The van der Waals surface area contributed by atoms with E-state index in [1.54, 1.807) is 0 Å². The Labute approximate surface area is 102 Å². The van der Waals surface area contributed by atoms with Gasteiger partial charge in [-0.25, -0.2) is 0 Å². The van der Waals surface area contributed by atoms with E-state index in [2.05, 4.69) is 19.2 Å². The maximum absolute atomic E-state index is 11.5. The molecule has 0 fully saturated rings. The van der Waals surface area contributed by atoms with E-state index in [1.807, 2.05) is 25.1 Å². The number of benzene rings is 1. The van der Waals surface area contributed by atoms with Gasteiger partial charge >= 0.3 is 0 Å². The molecule has 1 amide bonds. The third kappa shape index (κ3) is 3.54. The van der Waals surface area contributed by atoms with Crippen LogP contribution in [0.5, 0.6) is 0 Å². The molecule has 1 atom stereocenters. The Balaban J connectivity index is 2.90. The number of amides is 1. The number of hydrogen-bond acceptors (Lipinski definition) is 3. The lowest BCUT2D eigenvalue weighted by Crippen LogP contribution is -2.34. The van der Waals surface area contributed by atoms with E-state index >= 15 is 0 Å². The summed E-state index contributed by atoms with van der Waals surface area (Å²) >= 11 is 0. The van der Waals surface area contributed by atoms with Crippen molar-refractivity contribution in [1.82, 2.24) is 0 Å². The van der Waals surface area contributed by atoms with Crippen molar-refractivity contribution in [2.75, 3.05) is 11.9 Å². The van der Waals surface area contributed by atoms with Gasteiger partial charge in [0.05, 0.1) is 0 Å². The normalized spacial score (nSPS) is 12.6. The summed E-state index contributed by atoms with van der Waals surface area (Å²) in [5, 5.41) is 12.0. The molecule has 4 N–H and O–H groups in total. The lowest BCUT2D eigenvalue weighted by atomic mass is 10.0. The van der Waals surface area contributed by atoms with Crippen LogP contribution in [0.2, 0.25) is 0 Å². The van der Waals surface area contributed by atoms with Crippen LogP contribution in [0, 0.1) is 6.92 Å². The van der Waals surface area contributed by atoms with Gasteiger partial charge < -0.3 is 16.2 Å². The molecule has 0 radical (unpaired) electrons. The van der Waals surface area contributed by atoms with E-state index < -0.39 is 12.0 Å². The second kappa shape index (κ2) is 5.80. The molecular weight excluding hydrogens is 216 g/mol. The molecule has 1 rings (SSSR count). The summed E-state index contributed by atoms with van der Waals surface area (Å²) in [6, 6.07) is 5.93. The SMILES string of the molecule is Cc1ccc(C(C)C)cc1NC(=O)C(O)CN. The Kier molecular flexibility index (Phi) is 4.66. The topological polar surface area (TPSA) is 75.3 Å². The molecule has 0 heterocycles. The van der Waals surface area contributed by atoms with Crippen molar-refractivity contribution in [2.45, 2.75) is 32.8 Å². The van der Waals surface area contributed by atoms with Crippen LogP contribution in [0.15, 0.2) is 18.2 Å². The standard InChI is InChI=1S/C13H20N2O2/c1-8(2)10-5-4-9(3)11(6-10)15-13(17)12(16)7-14/h4-6,8,12,16H,7,14H2,1-3H3,(H,15,17). The molecule has 1 unspecified atom stereocenters. The fourth-order valence-corrected chi connectivity index (χ4v) is 1.46. The van der Waals surface area contributed by atoms with Crippen LogP contribution >= 0.6 is 0 Å². The molecule has 0 saturated heterocycles. The largest absolute Gasteiger partial charge is 0.382 e. The van der Waals surface area contributed by atoms with Crippen molar-refractivity contribution < 1.29 is 9.90 Å². The molecule has 1 aromatic carbocycles. The lowest BCUT2D eigenvalue weighted by Gasteiger charge is -2.14. The molecule has 0 saturated carbocycles. The number of carbonyl (C=O) groups is 1. The fourth-order valence-electron chi connectivity index (χ4n) is 1.46. The first-order valence-corrected chi connectivity index (χ1v) is 5.75. The summed E-state index contributed by atoms with van der Waals surface area (Å²) in [7, 11) is 0. The first kappa shape index (κ1) is 13.7. The maximum Gasteiger partial charge on any atom is 0.254 e. The van der Waals surface area contributed by atoms with Crippen molar-refractivity contribution in [2.24, 2.45) is 5.73 Å². The monoisotopic (exact) mass is 236 g/mol. The molecule has 0 bridgehead atoms. The highest BCUT2D eigenvalue weighted by atomic mass is 16.3. The molecule has 4 nitrogen and oxygen atoms in total. The zero-order valence-corrected chi connectivity index (χ0v) is 10.5. The molecule has 0 spiro atoms. The van der Waals surface area contributed by atoms with Gasteiger partial charge in [-0.05, 0) is 30.0 Å². The van der Waals surface area contributed by atoms with Crippen molar-refractivity contribution >= 4 is 11.6 Å². The van der Waals surface area contributed by atoms with Gasteiger partial charge in [0.15, 0.2) is 0 Å². The Hall–Kier alpha value is -1.39. The minimum atomic E-state index is -1.16.